The van der Waals surface area contributed by atoms with Gasteiger partial charge in [0.2, 0.25) is 5.91 Å². The molecule has 2 rings (SSSR count). The van der Waals surface area contributed by atoms with Crippen LogP contribution in [0.15, 0.2) is 0 Å². The highest BCUT2D eigenvalue weighted by Crippen LogP contribution is 2.35. The Morgan fingerprint density at radius 3 is 2.68 bits per heavy atom. The third kappa shape index (κ3) is 4.18. The van der Waals surface area contributed by atoms with E-state index >= 15 is 0 Å². The lowest BCUT2D eigenvalue weighted by Gasteiger charge is -2.37. The van der Waals surface area contributed by atoms with Gasteiger partial charge in [0, 0.05) is 32.2 Å². The summed E-state index contributed by atoms with van der Waals surface area (Å²) >= 11 is 0. The number of carbonyl (C=O) groups is 1. The van der Waals surface area contributed by atoms with Crippen LogP contribution in [-0.4, -0.2) is 49.1 Å². The summed E-state index contributed by atoms with van der Waals surface area (Å²) in [7, 11) is 0. The molecule has 0 radical (unpaired) electrons. The van der Waals surface area contributed by atoms with Crippen LogP contribution in [0.2, 0.25) is 0 Å². The van der Waals surface area contributed by atoms with Crippen LogP contribution in [0.25, 0.3) is 0 Å². The van der Waals surface area contributed by atoms with Crippen LogP contribution in [0.5, 0.6) is 0 Å². The Morgan fingerprint density at radius 2 is 2.05 bits per heavy atom. The Balaban J connectivity index is 1.82. The fourth-order valence-electron chi connectivity index (χ4n) is 3.38. The molecule has 2 atom stereocenters. The maximum atomic E-state index is 12.3. The molecule has 4 nitrogen and oxygen atoms in total. The van der Waals surface area contributed by atoms with Gasteiger partial charge in [-0.2, -0.15) is 0 Å². The molecule has 0 spiro atoms. The lowest BCUT2D eigenvalue weighted by molar-refractivity contribution is -0.127. The molecule has 1 saturated carbocycles. The number of hydrogen-bond acceptors (Lipinski definition) is 3. The van der Waals surface area contributed by atoms with Gasteiger partial charge in [0.1, 0.15) is 0 Å². The molecular weight excluding hydrogens is 238 g/mol. The maximum Gasteiger partial charge on any atom is 0.237 e. The van der Waals surface area contributed by atoms with Crippen molar-refractivity contribution in [3.8, 4) is 0 Å². The summed E-state index contributed by atoms with van der Waals surface area (Å²) in [6.45, 7) is 10.6. The van der Waals surface area contributed by atoms with E-state index in [4.69, 9.17) is 0 Å². The molecule has 2 aliphatic rings. The number of carbonyl (C=O) groups excluding carboxylic acids is 1. The molecule has 2 unspecified atom stereocenters. The number of piperazine rings is 1. The maximum absolute atomic E-state index is 12.3. The van der Waals surface area contributed by atoms with Gasteiger partial charge in [-0.25, -0.2) is 0 Å². The van der Waals surface area contributed by atoms with Crippen molar-refractivity contribution in [2.24, 2.45) is 5.41 Å². The molecule has 1 heterocycles. The normalized spacial score (nSPS) is 29.7. The first-order chi connectivity index (χ1) is 8.98. The minimum atomic E-state index is 0.00661. The number of amides is 1. The zero-order valence-corrected chi connectivity index (χ0v) is 12.7. The largest absolute Gasteiger partial charge is 0.352 e. The van der Waals surface area contributed by atoms with E-state index in [9.17, 15) is 4.79 Å². The van der Waals surface area contributed by atoms with Crippen LogP contribution in [0.4, 0.5) is 0 Å². The molecule has 110 valence electrons. The molecule has 1 amide bonds. The molecule has 1 saturated heterocycles. The SMILES string of the molecule is CC(C(=O)NC1CCCC(C)(C)C1)N1CCNCC1. The first kappa shape index (κ1) is 14.8. The second-order valence-corrected chi connectivity index (χ2v) is 6.93. The van der Waals surface area contributed by atoms with Gasteiger partial charge in [0.25, 0.3) is 0 Å². The minimum absolute atomic E-state index is 0.00661. The van der Waals surface area contributed by atoms with Crippen molar-refractivity contribution in [1.29, 1.82) is 0 Å². The molecule has 1 aliphatic heterocycles. The van der Waals surface area contributed by atoms with E-state index in [1.54, 1.807) is 0 Å². The smallest absolute Gasteiger partial charge is 0.237 e. The summed E-state index contributed by atoms with van der Waals surface area (Å²) < 4.78 is 0. The Labute approximate surface area is 117 Å². The number of nitrogens with one attached hydrogen (secondary N) is 2. The van der Waals surface area contributed by atoms with Gasteiger partial charge in [-0.3, -0.25) is 9.69 Å². The average Bonchev–Trinajstić information content (AvgIpc) is 2.37. The standard InChI is InChI=1S/C15H29N3O/c1-12(18-9-7-16-8-10-18)14(19)17-13-5-4-6-15(2,3)11-13/h12-13,16H,4-11H2,1-3H3,(H,17,19). The van der Waals surface area contributed by atoms with Crippen molar-refractivity contribution in [1.82, 2.24) is 15.5 Å². The van der Waals surface area contributed by atoms with Crippen LogP contribution in [0.3, 0.4) is 0 Å². The topological polar surface area (TPSA) is 44.4 Å². The quantitative estimate of drug-likeness (QED) is 0.811. The Bertz CT molecular complexity index is 311. The highest BCUT2D eigenvalue weighted by Gasteiger charge is 2.30. The average molecular weight is 267 g/mol. The van der Waals surface area contributed by atoms with Crippen molar-refractivity contribution < 1.29 is 4.79 Å². The van der Waals surface area contributed by atoms with Crippen molar-refractivity contribution in [2.75, 3.05) is 26.2 Å². The van der Waals surface area contributed by atoms with E-state index in [-0.39, 0.29) is 11.9 Å². The first-order valence-corrected chi connectivity index (χ1v) is 7.73. The second-order valence-electron chi connectivity index (χ2n) is 6.93. The number of rotatable bonds is 3. The van der Waals surface area contributed by atoms with Gasteiger partial charge < -0.3 is 10.6 Å². The van der Waals surface area contributed by atoms with Crippen LogP contribution in [0.1, 0.15) is 46.5 Å². The van der Waals surface area contributed by atoms with Gasteiger partial charge in [0.15, 0.2) is 0 Å². The molecule has 1 aliphatic carbocycles. The molecule has 0 aromatic heterocycles. The van der Waals surface area contributed by atoms with Gasteiger partial charge in [-0.15, -0.1) is 0 Å². The summed E-state index contributed by atoms with van der Waals surface area (Å²) in [5.74, 6) is 0.213. The van der Waals surface area contributed by atoms with Gasteiger partial charge in [0.05, 0.1) is 6.04 Å². The highest BCUT2D eigenvalue weighted by molar-refractivity contribution is 5.81. The zero-order valence-electron chi connectivity index (χ0n) is 12.7. The van der Waals surface area contributed by atoms with Crippen molar-refractivity contribution in [3.63, 3.8) is 0 Å². The van der Waals surface area contributed by atoms with Crippen LogP contribution in [-0.2, 0) is 4.79 Å². The van der Waals surface area contributed by atoms with Crippen LogP contribution in [0, 0.1) is 5.41 Å². The fraction of sp³-hybridized carbons (Fsp3) is 0.933. The second kappa shape index (κ2) is 6.23. The molecule has 0 aromatic rings. The number of hydrogen-bond donors (Lipinski definition) is 2. The highest BCUT2D eigenvalue weighted by atomic mass is 16.2. The zero-order chi connectivity index (χ0) is 13.9. The first-order valence-electron chi connectivity index (χ1n) is 7.73. The minimum Gasteiger partial charge on any atom is -0.352 e. The number of nitrogens with zero attached hydrogens (tertiary/aromatic N) is 1. The van der Waals surface area contributed by atoms with Crippen LogP contribution < -0.4 is 10.6 Å². The predicted molar refractivity (Wildman–Crippen MR) is 78.1 cm³/mol. The van der Waals surface area contributed by atoms with Gasteiger partial charge >= 0.3 is 0 Å². The van der Waals surface area contributed by atoms with E-state index < -0.39 is 0 Å². The Hall–Kier alpha value is -0.610. The van der Waals surface area contributed by atoms with Gasteiger partial charge in [-0.1, -0.05) is 20.3 Å². The lowest BCUT2D eigenvalue weighted by atomic mass is 9.75. The van der Waals surface area contributed by atoms with Crippen molar-refractivity contribution in [2.45, 2.75) is 58.5 Å². The summed E-state index contributed by atoms with van der Waals surface area (Å²) in [6.07, 6.45) is 4.78. The van der Waals surface area contributed by atoms with Gasteiger partial charge in [-0.05, 0) is 31.6 Å². The molecule has 2 fully saturated rings. The molecule has 0 bridgehead atoms. The summed E-state index contributed by atoms with van der Waals surface area (Å²) in [4.78, 5) is 14.6. The van der Waals surface area contributed by atoms with E-state index in [2.05, 4.69) is 29.4 Å². The molecule has 19 heavy (non-hydrogen) atoms. The van der Waals surface area contributed by atoms with E-state index in [1.807, 2.05) is 6.92 Å². The van der Waals surface area contributed by atoms with E-state index in [1.165, 1.54) is 12.8 Å². The summed E-state index contributed by atoms with van der Waals surface area (Å²) in [6, 6.07) is 0.383. The molecule has 4 heteroatoms. The summed E-state index contributed by atoms with van der Waals surface area (Å²) in [5, 5.41) is 6.60. The van der Waals surface area contributed by atoms with Crippen molar-refractivity contribution >= 4 is 5.91 Å². The Kier molecular flexibility index (Phi) is 4.85. The fourth-order valence-corrected chi connectivity index (χ4v) is 3.38. The Morgan fingerprint density at radius 1 is 1.37 bits per heavy atom. The third-order valence-corrected chi connectivity index (χ3v) is 4.63. The lowest BCUT2D eigenvalue weighted by Crippen LogP contribution is -2.54. The molecule has 0 aromatic carbocycles. The van der Waals surface area contributed by atoms with E-state index in [0.29, 0.717) is 11.5 Å². The summed E-state index contributed by atoms with van der Waals surface area (Å²) in [5.41, 5.74) is 0.383. The molecule has 2 N–H and O–H groups in total. The van der Waals surface area contributed by atoms with Crippen LogP contribution >= 0.6 is 0 Å². The monoisotopic (exact) mass is 267 g/mol. The molecular formula is C15H29N3O. The predicted octanol–water partition coefficient (Wildman–Crippen LogP) is 1.37. The van der Waals surface area contributed by atoms with Crippen molar-refractivity contribution in [3.05, 3.63) is 0 Å². The van der Waals surface area contributed by atoms with E-state index in [0.717, 1.165) is 39.0 Å². The third-order valence-electron chi connectivity index (χ3n) is 4.63.